The Hall–Kier alpha value is -1.95. The SMILES string of the molecule is CC1(C)CC(NC(=O)C2(C)CC(=O)N=C3C=CC=CN32)CC(C)(C)N1. The molecule has 3 heterocycles. The van der Waals surface area contributed by atoms with Crippen LogP contribution in [-0.4, -0.2) is 45.2 Å². The Bertz CT molecular complexity index is 674. The number of carbonyl (C=O) groups excluding carboxylic acids is 2. The van der Waals surface area contributed by atoms with Crippen molar-refractivity contribution in [2.75, 3.05) is 0 Å². The van der Waals surface area contributed by atoms with Crippen LogP contribution in [0, 0.1) is 0 Å². The number of nitrogens with zero attached hydrogens (tertiary/aromatic N) is 2. The Morgan fingerprint density at radius 3 is 2.48 bits per heavy atom. The molecule has 6 heteroatoms. The van der Waals surface area contributed by atoms with Crippen LogP contribution in [0.2, 0.25) is 0 Å². The summed E-state index contributed by atoms with van der Waals surface area (Å²) >= 11 is 0. The van der Waals surface area contributed by atoms with Crippen molar-refractivity contribution < 1.29 is 9.59 Å². The van der Waals surface area contributed by atoms with E-state index in [-0.39, 0.29) is 35.4 Å². The number of amides is 2. The summed E-state index contributed by atoms with van der Waals surface area (Å²) in [5, 5.41) is 6.83. The Balaban J connectivity index is 1.80. The van der Waals surface area contributed by atoms with Crippen molar-refractivity contribution in [3.8, 4) is 0 Å². The van der Waals surface area contributed by atoms with Crippen molar-refractivity contribution in [1.82, 2.24) is 15.5 Å². The molecular formula is C19H28N4O2. The van der Waals surface area contributed by atoms with Gasteiger partial charge in [0.1, 0.15) is 11.4 Å². The van der Waals surface area contributed by atoms with Crippen LogP contribution in [0.3, 0.4) is 0 Å². The Morgan fingerprint density at radius 2 is 1.84 bits per heavy atom. The van der Waals surface area contributed by atoms with Crippen LogP contribution in [0.4, 0.5) is 0 Å². The molecule has 0 radical (unpaired) electrons. The predicted molar refractivity (Wildman–Crippen MR) is 98.0 cm³/mol. The minimum atomic E-state index is -0.950. The van der Waals surface area contributed by atoms with Crippen LogP contribution in [0.1, 0.15) is 53.9 Å². The summed E-state index contributed by atoms with van der Waals surface area (Å²) in [4.78, 5) is 31.1. The number of nitrogens with one attached hydrogen (secondary N) is 2. The molecule has 0 spiro atoms. The van der Waals surface area contributed by atoms with Gasteiger partial charge in [0.25, 0.3) is 5.91 Å². The van der Waals surface area contributed by atoms with Crippen molar-refractivity contribution in [1.29, 1.82) is 0 Å². The number of carbonyl (C=O) groups is 2. The van der Waals surface area contributed by atoms with Gasteiger partial charge in [0.2, 0.25) is 5.91 Å². The maximum absolute atomic E-state index is 13.2. The van der Waals surface area contributed by atoms with Crippen LogP contribution in [0.5, 0.6) is 0 Å². The van der Waals surface area contributed by atoms with E-state index in [1.54, 1.807) is 11.0 Å². The molecule has 0 aromatic rings. The molecule has 0 aromatic carbocycles. The number of hydrogen-bond acceptors (Lipinski definition) is 4. The second-order valence-electron chi connectivity index (χ2n) is 8.86. The lowest BCUT2D eigenvalue weighted by atomic mass is 9.79. The number of allylic oxidation sites excluding steroid dienone is 2. The molecular weight excluding hydrogens is 316 g/mol. The maximum Gasteiger partial charge on any atom is 0.250 e. The van der Waals surface area contributed by atoms with Gasteiger partial charge in [-0.2, -0.15) is 4.99 Å². The number of fused-ring (bicyclic) bond motifs is 1. The van der Waals surface area contributed by atoms with Gasteiger partial charge < -0.3 is 15.5 Å². The minimum Gasteiger partial charge on any atom is -0.351 e. The Morgan fingerprint density at radius 1 is 1.20 bits per heavy atom. The first-order valence-corrected chi connectivity index (χ1v) is 8.87. The van der Waals surface area contributed by atoms with Gasteiger partial charge in [0, 0.05) is 23.3 Å². The third-order valence-electron chi connectivity index (χ3n) is 5.12. The van der Waals surface area contributed by atoms with Crippen LogP contribution >= 0.6 is 0 Å². The van der Waals surface area contributed by atoms with Gasteiger partial charge in [0.05, 0.1) is 6.42 Å². The molecule has 1 atom stereocenters. The first-order chi connectivity index (χ1) is 11.5. The molecule has 3 rings (SSSR count). The smallest absolute Gasteiger partial charge is 0.250 e. The van der Waals surface area contributed by atoms with Crippen LogP contribution in [0.25, 0.3) is 0 Å². The standard InChI is InChI=1S/C19H28N4O2/c1-17(2)10-13(11-18(3,4)22-17)20-16(25)19(5)12-15(24)21-14-8-6-7-9-23(14)19/h6-9,13,22H,10-12H2,1-5H3,(H,20,25). The number of hydrogen-bond donors (Lipinski definition) is 2. The summed E-state index contributed by atoms with van der Waals surface area (Å²) in [5.74, 6) is 0.156. The monoisotopic (exact) mass is 344 g/mol. The third kappa shape index (κ3) is 3.54. The Kier molecular flexibility index (Phi) is 4.14. The first-order valence-electron chi connectivity index (χ1n) is 8.87. The summed E-state index contributed by atoms with van der Waals surface area (Å²) in [6.45, 7) is 10.4. The zero-order valence-electron chi connectivity index (χ0n) is 15.7. The average molecular weight is 344 g/mol. The fraction of sp³-hybridized carbons (Fsp3) is 0.632. The molecule has 0 aromatic heterocycles. The molecule has 1 fully saturated rings. The normalized spacial score (nSPS) is 30.7. The van der Waals surface area contributed by atoms with Crippen molar-refractivity contribution in [2.24, 2.45) is 4.99 Å². The molecule has 1 unspecified atom stereocenters. The summed E-state index contributed by atoms with van der Waals surface area (Å²) < 4.78 is 0. The Labute approximate surface area is 149 Å². The third-order valence-corrected chi connectivity index (χ3v) is 5.12. The summed E-state index contributed by atoms with van der Waals surface area (Å²) in [6.07, 6.45) is 9.05. The number of piperidine rings is 1. The highest BCUT2D eigenvalue weighted by atomic mass is 16.2. The maximum atomic E-state index is 13.2. The van der Waals surface area contributed by atoms with E-state index in [1.165, 1.54) is 0 Å². The molecule has 3 aliphatic rings. The lowest BCUT2D eigenvalue weighted by Gasteiger charge is -2.48. The van der Waals surface area contributed by atoms with E-state index in [0.717, 1.165) is 12.8 Å². The molecule has 6 nitrogen and oxygen atoms in total. The quantitative estimate of drug-likeness (QED) is 0.802. The van der Waals surface area contributed by atoms with E-state index in [1.807, 2.05) is 25.3 Å². The van der Waals surface area contributed by atoms with Gasteiger partial charge in [-0.15, -0.1) is 0 Å². The number of aliphatic imine (C=N–C) groups is 1. The molecule has 2 N–H and O–H groups in total. The highest BCUT2D eigenvalue weighted by molar-refractivity contribution is 6.09. The average Bonchev–Trinajstić information content (AvgIpc) is 2.43. The van der Waals surface area contributed by atoms with Crippen molar-refractivity contribution in [3.05, 3.63) is 24.4 Å². The zero-order valence-corrected chi connectivity index (χ0v) is 15.7. The van der Waals surface area contributed by atoms with Crippen LogP contribution in [0.15, 0.2) is 29.4 Å². The van der Waals surface area contributed by atoms with Crippen LogP contribution < -0.4 is 10.6 Å². The summed E-state index contributed by atoms with van der Waals surface area (Å²) in [5.41, 5.74) is -1.05. The number of amidine groups is 1. The predicted octanol–water partition coefficient (Wildman–Crippen LogP) is 1.88. The summed E-state index contributed by atoms with van der Waals surface area (Å²) in [6, 6.07) is 0.0669. The topological polar surface area (TPSA) is 73.8 Å². The van der Waals surface area contributed by atoms with Gasteiger partial charge in [-0.3, -0.25) is 9.59 Å². The van der Waals surface area contributed by atoms with E-state index in [0.29, 0.717) is 5.84 Å². The number of rotatable bonds is 2. The van der Waals surface area contributed by atoms with E-state index in [2.05, 4.69) is 43.3 Å². The second kappa shape index (κ2) is 5.80. The fourth-order valence-electron chi connectivity index (χ4n) is 4.44. The zero-order chi connectivity index (χ0) is 18.5. The van der Waals surface area contributed by atoms with Crippen molar-refractivity contribution in [2.45, 2.75) is 76.5 Å². The van der Waals surface area contributed by atoms with Gasteiger partial charge in [-0.25, -0.2) is 0 Å². The minimum absolute atomic E-state index is 0.0522. The molecule has 0 saturated carbocycles. The first kappa shape index (κ1) is 17.9. The molecule has 1 saturated heterocycles. The highest BCUT2D eigenvalue weighted by Gasteiger charge is 2.47. The molecule has 2 amide bonds. The summed E-state index contributed by atoms with van der Waals surface area (Å²) in [7, 11) is 0. The van der Waals surface area contributed by atoms with E-state index < -0.39 is 5.54 Å². The largest absolute Gasteiger partial charge is 0.351 e. The lowest BCUT2D eigenvalue weighted by Crippen LogP contribution is -2.66. The molecule has 136 valence electrons. The molecule has 0 aliphatic carbocycles. The van der Waals surface area contributed by atoms with E-state index in [9.17, 15) is 9.59 Å². The molecule has 0 bridgehead atoms. The van der Waals surface area contributed by atoms with E-state index in [4.69, 9.17) is 0 Å². The highest BCUT2D eigenvalue weighted by Crippen LogP contribution is 2.31. The van der Waals surface area contributed by atoms with Crippen LogP contribution in [-0.2, 0) is 9.59 Å². The lowest BCUT2D eigenvalue weighted by molar-refractivity contribution is -0.135. The van der Waals surface area contributed by atoms with Crippen molar-refractivity contribution >= 4 is 17.6 Å². The van der Waals surface area contributed by atoms with E-state index >= 15 is 0 Å². The molecule has 25 heavy (non-hydrogen) atoms. The van der Waals surface area contributed by atoms with Crippen molar-refractivity contribution in [3.63, 3.8) is 0 Å². The van der Waals surface area contributed by atoms with Gasteiger partial charge in [0.15, 0.2) is 0 Å². The second-order valence-corrected chi connectivity index (χ2v) is 8.86. The van der Waals surface area contributed by atoms with Gasteiger partial charge in [-0.05, 0) is 59.6 Å². The molecule has 3 aliphatic heterocycles. The van der Waals surface area contributed by atoms with Gasteiger partial charge >= 0.3 is 0 Å². The fourth-order valence-corrected chi connectivity index (χ4v) is 4.44. The van der Waals surface area contributed by atoms with Gasteiger partial charge in [-0.1, -0.05) is 6.08 Å².